The highest BCUT2D eigenvalue weighted by atomic mass is 16.6. The van der Waals surface area contributed by atoms with E-state index in [1.165, 1.54) is 0 Å². The average molecular weight is 309 g/mol. The van der Waals surface area contributed by atoms with Crippen molar-refractivity contribution >= 4 is 12.0 Å². The van der Waals surface area contributed by atoms with Gasteiger partial charge < -0.3 is 15.0 Å². The van der Waals surface area contributed by atoms with Crippen LogP contribution >= 0.6 is 0 Å². The van der Waals surface area contributed by atoms with Gasteiger partial charge in [0.25, 0.3) is 5.91 Å². The van der Waals surface area contributed by atoms with Crippen LogP contribution in [-0.4, -0.2) is 57.6 Å². The Morgan fingerprint density at radius 2 is 2.14 bits per heavy atom. The minimum Gasteiger partial charge on any atom is -0.444 e. The Labute approximate surface area is 129 Å². The van der Waals surface area contributed by atoms with Gasteiger partial charge in [0.05, 0.1) is 12.2 Å². The molecule has 0 aliphatic carbocycles. The molecule has 1 aliphatic rings. The van der Waals surface area contributed by atoms with Crippen LogP contribution in [0.25, 0.3) is 0 Å². The number of nitrogens with one attached hydrogen (secondary N) is 1. The highest BCUT2D eigenvalue weighted by molar-refractivity contribution is 5.91. The molecule has 8 nitrogen and oxygen atoms in total. The van der Waals surface area contributed by atoms with Crippen molar-refractivity contribution in [2.24, 2.45) is 0 Å². The van der Waals surface area contributed by atoms with Crippen LogP contribution in [0.2, 0.25) is 0 Å². The summed E-state index contributed by atoms with van der Waals surface area (Å²) in [4.78, 5) is 25.4. The molecule has 1 aliphatic heterocycles. The summed E-state index contributed by atoms with van der Waals surface area (Å²) in [6, 6.07) is 0.00664. The van der Waals surface area contributed by atoms with Crippen molar-refractivity contribution in [3.8, 4) is 0 Å². The Morgan fingerprint density at radius 3 is 2.77 bits per heavy atom. The van der Waals surface area contributed by atoms with Crippen LogP contribution in [0.15, 0.2) is 6.20 Å². The lowest BCUT2D eigenvalue weighted by atomic mass is 10.1. The van der Waals surface area contributed by atoms with Crippen LogP contribution in [-0.2, 0) is 4.74 Å². The second-order valence-corrected chi connectivity index (χ2v) is 6.39. The van der Waals surface area contributed by atoms with Gasteiger partial charge >= 0.3 is 6.09 Å². The van der Waals surface area contributed by atoms with E-state index in [0.29, 0.717) is 13.1 Å². The van der Waals surface area contributed by atoms with E-state index in [2.05, 4.69) is 15.6 Å². The summed E-state index contributed by atoms with van der Waals surface area (Å²) in [7, 11) is 1.55. The topological polar surface area (TPSA) is 89.4 Å². The molecule has 2 amide bonds. The molecule has 1 aromatic heterocycles. The lowest BCUT2D eigenvalue weighted by Crippen LogP contribution is -2.43. The van der Waals surface area contributed by atoms with Gasteiger partial charge in [-0.15, -0.1) is 5.10 Å². The predicted octanol–water partition coefficient (Wildman–Crippen LogP) is 1.21. The fourth-order valence-electron chi connectivity index (χ4n) is 2.35. The number of amides is 2. The molecule has 1 N–H and O–H groups in total. The number of piperidine rings is 1. The molecule has 22 heavy (non-hydrogen) atoms. The Morgan fingerprint density at radius 1 is 1.41 bits per heavy atom. The van der Waals surface area contributed by atoms with Crippen molar-refractivity contribution in [3.63, 3.8) is 0 Å². The Bertz CT molecular complexity index is 549. The van der Waals surface area contributed by atoms with Crippen LogP contribution in [0.3, 0.4) is 0 Å². The number of rotatable bonds is 2. The van der Waals surface area contributed by atoms with Crippen molar-refractivity contribution in [3.05, 3.63) is 11.9 Å². The fraction of sp³-hybridized carbons (Fsp3) is 0.714. The maximum Gasteiger partial charge on any atom is 0.410 e. The van der Waals surface area contributed by atoms with Crippen LogP contribution in [0.5, 0.6) is 0 Å². The largest absolute Gasteiger partial charge is 0.444 e. The van der Waals surface area contributed by atoms with Crippen LogP contribution < -0.4 is 5.32 Å². The van der Waals surface area contributed by atoms with Gasteiger partial charge in [0, 0.05) is 20.1 Å². The van der Waals surface area contributed by atoms with E-state index < -0.39 is 5.60 Å². The lowest BCUT2D eigenvalue weighted by molar-refractivity contribution is 0.0166. The summed E-state index contributed by atoms with van der Waals surface area (Å²) in [5.74, 6) is -0.272. The number of carbonyl (C=O) groups is 2. The summed E-state index contributed by atoms with van der Waals surface area (Å²) >= 11 is 0. The van der Waals surface area contributed by atoms with Crippen molar-refractivity contribution in [1.29, 1.82) is 0 Å². The molecule has 1 atom stereocenters. The highest BCUT2D eigenvalue weighted by Crippen LogP contribution is 2.22. The van der Waals surface area contributed by atoms with E-state index >= 15 is 0 Å². The standard InChI is InChI=1S/C14H23N5O3/c1-14(2,3)22-13(21)18-7-5-6-10(8-18)19-9-11(16-17-19)12(20)15-4/h9-10H,5-8H2,1-4H3,(H,15,20)/t10-/m0/s1. The number of carbonyl (C=O) groups excluding carboxylic acids is 2. The molecule has 2 rings (SSSR count). The third-order valence-corrected chi connectivity index (χ3v) is 3.39. The quantitative estimate of drug-likeness (QED) is 0.887. The molecule has 1 fully saturated rings. The third kappa shape index (κ3) is 3.96. The number of aromatic nitrogens is 3. The maximum atomic E-state index is 12.1. The monoisotopic (exact) mass is 309 g/mol. The molecule has 2 heterocycles. The number of hydrogen-bond donors (Lipinski definition) is 1. The van der Waals surface area contributed by atoms with Crippen molar-refractivity contribution in [1.82, 2.24) is 25.2 Å². The minimum atomic E-state index is -0.510. The smallest absolute Gasteiger partial charge is 0.410 e. The van der Waals surface area contributed by atoms with Gasteiger partial charge in [0.2, 0.25) is 0 Å². The SMILES string of the molecule is CNC(=O)c1cn([C@H]2CCCN(C(=O)OC(C)(C)C)C2)nn1. The van der Waals surface area contributed by atoms with Crippen molar-refractivity contribution < 1.29 is 14.3 Å². The summed E-state index contributed by atoms with van der Waals surface area (Å²) in [5.41, 5.74) is -0.235. The first-order chi connectivity index (χ1) is 10.3. The molecular formula is C14H23N5O3. The van der Waals surface area contributed by atoms with E-state index in [4.69, 9.17) is 4.74 Å². The number of hydrogen-bond acceptors (Lipinski definition) is 5. The molecule has 0 radical (unpaired) electrons. The average Bonchev–Trinajstić information content (AvgIpc) is 2.94. The first kappa shape index (κ1) is 16.3. The molecular weight excluding hydrogens is 286 g/mol. The van der Waals surface area contributed by atoms with Gasteiger partial charge in [-0.05, 0) is 33.6 Å². The van der Waals surface area contributed by atoms with Crippen LogP contribution in [0, 0.1) is 0 Å². The van der Waals surface area contributed by atoms with E-state index in [1.807, 2.05) is 20.8 Å². The highest BCUT2D eigenvalue weighted by Gasteiger charge is 2.29. The Hall–Kier alpha value is -2.12. The fourth-order valence-corrected chi connectivity index (χ4v) is 2.35. The third-order valence-electron chi connectivity index (χ3n) is 3.39. The molecule has 1 aromatic rings. The maximum absolute atomic E-state index is 12.1. The lowest BCUT2D eigenvalue weighted by Gasteiger charge is -2.33. The molecule has 0 spiro atoms. The molecule has 0 saturated carbocycles. The summed E-state index contributed by atoms with van der Waals surface area (Å²) in [5, 5.41) is 10.4. The first-order valence-electron chi connectivity index (χ1n) is 7.42. The van der Waals surface area contributed by atoms with Gasteiger partial charge in [-0.25, -0.2) is 9.48 Å². The van der Waals surface area contributed by atoms with E-state index in [9.17, 15) is 9.59 Å². The summed E-state index contributed by atoms with van der Waals surface area (Å²) < 4.78 is 7.05. The molecule has 0 aromatic carbocycles. The van der Waals surface area contributed by atoms with Gasteiger partial charge in [0.15, 0.2) is 5.69 Å². The summed E-state index contributed by atoms with van der Waals surface area (Å²) in [6.45, 7) is 6.71. The first-order valence-corrected chi connectivity index (χ1v) is 7.42. The zero-order valence-electron chi connectivity index (χ0n) is 13.5. The number of nitrogens with zero attached hydrogens (tertiary/aromatic N) is 4. The van der Waals surface area contributed by atoms with Crippen LogP contribution in [0.1, 0.15) is 50.1 Å². The van der Waals surface area contributed by atoms with E-state index in [1.54, 1.807) is 22.8 Å². The van der Waals surface area contributed by atoms with Gasteiger partial charge in [0.1, 0.15) is 5.60 Å². The molecule has 0 bridgehead atoms. The van der Waals surface area contributed by atoms with Gasteiger partial charge in [-0.2, -0.15) is 0 Å². The van der Waals surface area contributed by atoms with Crippen molar-refractivity contribution in [2.75, 3.05) is 20.1 Å². The summed E-state index contributed by atoms with van der Waals surface area (Å²) in [6.07, 6.45) is 3.04. The van der Waals surface area contributed by atoms with Gasteiger partial charge in [-0.3, -0.25) is 4.79 Å². The molecule has 1 saturated heterocycles. The minimum absolute atomic E-state index is 0.00664. The second kappa shape index (κ2) is 6.33. The van der Waals surface area contributed by atoms with E-state index in [-0.39, 0.29) is 23.7 Å². The molecule has 8 heteroatoms. The van der Waals surface area contributed by atoms with Crippen molar-refractivity contribution in [2.45, 2.75) is 45.3 Å². The van der Waals surface area contributed by atoms with E-state index in [0.717, 1.165) is 12.8 Å². The zero-order valence-corrected chi connectivity index (χ0v) is 13.5. The zero-order chi connectivity index (χ0) is 16.3. The predicted molar refractivity (Wildman–Crippen MR) is 79.5 cm³/mol. The van der Waals surface area contributed by atoms with Crippen LogP contribution in [0.4, 0.5) is 4.79 Å². The Balaban J connectivity index is 2.03. The number of likely N-dealkylation sites (tertiary alicyclic amines) is 1. The normalized spacial score (nSPS) is 18.9. The number of ether oxygens (including phenoxy) is 1. The Kier molecular flexibility index (Phi) is 4.68. The second-order valence-electron chi connectivity index (χ2n) is 6.39. The van der Waals surface area contributed by atoms with Gasteiger partial charge in [-0.1, -0.05) is 5.21 Å². The molecule has 122 valence electrons. The molecule has 0 unspecified atom stereocenters.